The second-order valence-electron chi connectivity index (χ2n) is 5.27. The van der Waals surface area contributed by atoms with Crippen LogP contribution >= 0.6 is 11.6 Å². The quantitative estimate of drug-likeness (QED) is 0.849. The minimum atomic E-state index is -3.81. The largest absolute Gasteiger partial charge is 0.325 e. The number of carbonyl (C=O) groups is 1. The van der Waals surface area contributed by atoms with Crippen molar-refractivity contribution in [1.82, 2.24) is 4.72 Å². The van der Waals surface area contributed by atoms with Crippen molar-refractivity contribution in [1.29, 1.82) is 0 Å². The van der Waals surface area contributed by atoms with E-state index >= 15 is 0 Å². The Morgan fingerprint density at radius 3 is 2.54 bits per heavy atom. The van der Waals surface area contributed by atoms with Crippen molar-refractivity contribution in [3.63, 3.8) is 0 Å². The Bertz CT molecular complexity index is 885. The van der Waals surface area contributed by atoms with E-state index in [9.17, 15) is 17.6 Å². The second-order valence-corrected chi connectivity index (χ2v) is 7.41. The molecule has 2 rings (SSSR count). The lowest BCUT2D eigenvalue weighted by Crippen LogP contribution is -2.33. The fourth-order valence-corrected chi connectivity index (χ4v) is 3.50. The van der Waals surface area contributed by atoms with Crippen molar-refractivity contribution >= 4 is 33.2 Å². The zero-order valence-electron chi connectivity index (χ0n) is 13.1. The number of benzene rings is 2. The first kappa shape index (κ1) is 18.4. The third-order valence-electron chi connectivity index (χ3n) is 3.26. The molecule has 1 amide bonds. The van der Waals surface area contributed by atoms with E-state index in [1.54, 1.807) is 26.0 Å². The number of carbonyl (C=O) groups excluding carboxylic acids is 1. The molecule has 2 aromatic carbocycles. The fourth-order valence-electron chi connectivity index (χ4n) is 2.01. The third-order valence-corrected chi connectivity index (χ3v) is 5.09. The first-order valence-electron chi connectivity index (χ1n) is 7.01. The number of halogens is 2. The molecule has 0 fully saturated rings. The maximum absolute atomic E-state index is 13.1. The van der Waals surface area contributed by atoms with Crippen LogP contribution in [0.15, 0.2) is 41.3 Å². The van der Waals surface area contributed by atoms with Gasteiger partial charge < -0.3 is 5.32 Å². The lowest BCUT2D eigenvalue weighted by Gasteiger charge is -2.10. The van der Waals surface area contributed by atoms with Crippen LogP contribution in [0.4, 0.5) is 10.1 Å². The Morgan fingerprint density at radius 1 is 1.17 bits per heavy atom. The summed E-state index contributed by atoms with van der Waals surface area (Å²) in [6, 6.07) is 8.73. The fraction of sp³-hybridized carbons (Fsp3) is 0.188. The van der Waals surface area contributed by atoms with Crippen LogP contribution in [0.2, 0.25) is 5.02 Å². The van der Waals surface area contributed by atoms with Crippen molar-refractivity contribution in [2.24, 2.45) is 0 Å². The van der Waals surface area contributed by atoms with Crippen LogP contribution < -0.4 is 10.0 Å². The van der Waals surface area contributed by atoms with E-state index < -0.39 is 28.3 Å². The molecule has 0 unspecified atom stereocenters. The first-order chi connectivity index (χ1) is 11.2. The Labute approximate surface area is 144 Å². The molecule has 0 aliphatic carbocycles. The topological polar surface area (TPSA) is 75.3 Å². The highest BCUT2D eigenvalue weighted by Crippen LogP contribution is 2.19. The molecule has 0 aromatic heterocycles. The molecular weight excluding hydrogens is 355 g/mol. The van der Waals surface area contributed by atoms with Crippen molar-refractivity contribution in [2.75, 3.05) is 11.9 Å². The highest BCUT2D eigenvalue weighted by atomic mass is 35.5. The zero-order valence-corrected chi connectivity index (χ0v) is 14.6. The molecule has 0 aliphatic heterocycles. The number of aryl methyl sites for hydroxylation is 2. The summed E-state index contributed by atoms with van der Waals surface area (Å²) in [5, 5.41) is 2.31. The van der Waals surface area contributed by atoms with Crippen LogP contribution in [-0.4, -0.2) is 20.9 Å². The van der Waals surface area contributed by atoms with Crippen molar-refractivity contribution < 1.29 is 17.6 Å². The summed E-state index contributed by atoms with van der Waals surface area (Å²) in [6.45, 7) is 3.00. The molecule has 0 aliphatic rings. The molecule has 0 bridgehead atoms. The molecule has 0 heterocycles. The molecular formula is C16H16ClFN2O3S. The van der Waals surface area contributed by atoms with Crippen molar-refractivity contribution in [3.05, 3.63) is 58.4 Å². The van der Waals surface area contributed by atoms with Gasteiger partial charge >= 0.3 is 0 Å². The molecule has 24 heavy (non-hydrogen) atoms. The molecule has 0 spiro atoms. The molecule has 0 atom stereocenters. The number of hydrogen-bond donors (Lipinski definition) is 2. The van der Waals surface area contributed by atoms with E-state index in [2.05, 4.69) is 10.0 Å². The predicted molar refractivity (Wildman–Crippen MR) is 91.1 cm³/mol. The van der Waals surface area contributed by atoms with E-state index in [4.69, 9.17) is 11.6 Å². The van der Waals surface area contributed by atoms with E-state index in [0.29, 0.717) is 5.56 Å². The normalized spacial score (nSPS) is 11.3. The highest BCUT2D eigenvalue weighted by Gasteiger charge is 2.18. The van der Waals surface area contributed by atoms with Crippen LogP contribution in [0, 0.1) is 19.7 Å². The van der Waals surface area contributed by atoms with E-state index in [0.717, 1.165) is 11.6 Å². The monoisotopic (exact) mass is 370 g/mol. The van der Waals surface area contributed by atoms with Gasteiger partial charge in [-0.15, -0.1) is 0 Å². The number of nitrogens with one attached hydrogen (secondary N) is 2. The van der Waals surface area contributed by atoms with Gasteiger partial charge in [-0.2, -0.15) is 0 Å². The maximum atomic E-state index is 13.1. The Hall–Kier alpha value is -1.96. The van der Waals surface area contributed by atoms with Gasteiger partial charge in [0.15, 0.2) is 0 Å². The first-order valence-corrected chi connectivity index (χ1v) is 8.87. The SMILES string of the molecule is Cc1ccc(C)c(S(=O)(=O)NCC(=O)Nc2ccc(F)c(Cl)c2)c1. The molecule has 2 N–H and O–H groups in total. The smallest absolute Gasteiger partial charge is 0.241 e. The van der Waals surface area contributed by atoms with Crippen LogP contribution in [0.25, 0.3) is 0 Å². The van der Waals surface area contributed by atoms with Gasteiger partial charge in [-0.25, -0.2) is 17.5 Å². The van der Waals surface area contributed by atoms with Gasteiger partial charge in [-0.1, -0.05) is 23.7 Å². The molecule has 0 saturated carbocycles. The average molecular weight is 371 g/mol. The second kappa shape index (κ2) is 7.29. The summed E-state index contributed by atoms with van der Waals surface area (Å²) < 4.78 is 39.9. The molecule has 0 radical (unpaired) electrons. The standard InChI is InChI=1S/C16H16ClFN2O3S/c1-10-3-4-11(2)15(7-10)24(22,23)19-9-16(21)20-12-5-6-14(18)13(17)8-12/h3-8,19H,9H2,1-2H3,(H,20,21). The zero-order chi connectivity index (χ0) is 17.9. The molecule has 8 heteroatoms. The van der Waals surface area contributed by atoms with Crippen LogP contribution in [0.1, 0.15) is 11.1 Å². The van der Waals surface area contributed by atoms with Gasteiger partial charge in [0.1, 0.15) is 5.82 Å². The minimum absolute atomic E-state index is 0.125. The minimum Gasteiger partial charge on any atom is -0.325 e. The van der Waals surface area contributed by atoms with Crippen molar-refractivity contribution in [3.8, 4) is 0 Å². The number of rotatable bonds is 5. The van der Waals surface area contributed by atoms with E-state index in [1.807, 2.05) is 0 Å². The summed E-state index contributed by atoms with van der Waals surface area (Å²) in [5.41, 5.74) is 1.66. The Kier molecular flexibility index (Phi) is 5.58. The van der Waals surface area contributed by atoms with Gasteiger partial charge in [0.05, 0.1) is 16.5 Å². The Balaban J connectivity index is 2.05. The van der Waals surface area contributed by atoms with Gasteiger partial charge in [-0.3, -0.25) is 4.79 Å². The Morgan fingerprint density at radius 2 is 1.88 bits per heavy atom. The highest BCUT2D eigenvalue weighted by molar-refractivity contribution is 7.89. The summed E-state index contributed by atoms with van der Waals surface area (Å²) in [4.78, 5) is 12.0. The molecule has 5 nitrogen and oxygen atoms in total. The number of anilines is 1. The summed E-state index contributed by atoms with van der Waals surface area (Å²) in [6.07, 6.45) is 0. The summed E-state index contributed by atoms with van der Waals surface area (Å²) >= 11 is 5.62. The lowest BCUT2D eigenvalue weighted by molar-refractivity contribution is -0.115. The van der Waals surface area contributed by atoms with Crippen LogP contribution in [0.3, 0.4) is 0 Å². The van der Waals surface area contributed by atoms with Gasteiger partial charge in [0.2, 0.25) is 15.9 Å². The predicted octanol–water partition coefficient (Wildman–Crippen LogP) is 3.01. The number of hydrogen-bond acceptors (Lipinski definition) is 3. The summed E-state index contributed by atoms with van der Waals surface area (Å²) in [7, 11) is -3.81. The molecule has 2 aromatic rings. The van der Waals surface area contributed by atoms with Gasteiger partial charge in [-0.05, 0) is 49.2 Å². The third kappa shape index (κ3) is 4.53. The van der Waals surface area contributed by atoms with Crippen LogP contribution in [-0.2, 0) is 14.8 Å². The number of sulfonamides is 1. The van der Waals surface area contributed by atoms with E-state index in [-0.39, 0.29) is 15.6 Å². The lowest BCUT2D eigenvalue weighted by atomic mass is 10.2. The van der Waals surface area contributed by atoms with Gasteiger partial charge in [0, 0.05) is 5.69 Å². The molecule has 128 valence electrons. The van der Waals surface area contributed by atoms with E-state index in [1.165, 1.54) is 18.2 Å². The maximum Gasteiger partial charge on any atom is 0.241 e. The van der Waals surface area contributed by atoms with Gasteiger partial charge in [0.25, 0.3) is 0 Å². The van der Waals surface area contributed by atoms with Crippen LogP contribution in [0.5, 0.6) is 0 Å². The average Bonchev–Trinajstić information content (AvgIpc) is 2.51. The van der Waals surface area contributed by atoms with Crippen molar-refractivity contribution in [2.45, 2.75) is 18.7 Å². The summed E-state index contributed by atoms with van der Waals surface area (Å²) in [5.74, 6) is -1.20. The molecule has 0 saturated heterocycles. The number of amides is 1.